The molecule has 4 nitrogen and oxygen atoms in total. The summed E-state index contributed by atoms with van der Waals surface area (Å²) in [5.41, 5.74) is -0.639. The Bertz CT molecular complexity index is 700. The fourth-order valence-electron chi connectivity index (χ4n) is 2.69. The zero-order chi connectivity index (χ0) is 16.4. The zero-order valence-electron chi connectivity index (χ0n) is 12.7. The molecule has 1 aliphatic carbocycles. The third kappa shape index (κ3) is 3.37. The van der Waals surface area contributed by atoms with E-state index in [1.807, 2.05) is 17.5 Å². The predicted molar refractivity (Wildman–Crippen MR) is 91.3 cm³/mol. The fraction of sp³-hybridized carbons (Fsp3) is 0.353. The van der Waals surface area contributed by atoms with Crippen molar-refractivity contribution in [1.29, 1.82) is 0 Å². The van der Waals surface area contributed by atoms with E-state index in [1.54, 1.807) is 18.2 Å². The van der Waals surface area contributed by atoms with E-state index in [0.29, 0.717) is 16.3 Å². The first-order valence-corrected chi connectivity index (χ1v) is 8.68. The van der Waals surface area contributed by atoms with E-state index in [1.165, 1.54) is 18.4 Å². The monoisotopic (exact) mass is 351 g/mol. The molecular weight excluding hydrogens is 334 g/mol. The summed E-state index contributed by atoms with van der Waals surface area (Å²) in [6.07, 6.45) is 1.95. The van der Waals surface area contributed by atoms with Crippen molar-refractivity contribution < 1.29 is 14.6 Å². The van der Waals surface area contributed by atoms with Crippen molar-refractivity contribution in [2.75, 3.05) is 13.7 Å². The first-order valence-electron chi connectivity index (χ1n) is 7.42. The molecule has 0 spiro atoms. The molecule has 122 valence electrons. The van der Waals surface area contributed by atoms with Gasteiger partial charge in [0.2, 0.25) is 0 Å². The number of rotatable bonds is 6. The van der Waals surface area contributed by atoms with E-state index in [9.17, 15) is 9.90 Å². The maximum absolute atomic E-state index is 12.5. The fourth-order valence-corrected chi connectivity index (χ4v) is 3.76. The highest BCUT2D eigenvalue weighted by atomic mass is 35.5. The van der Waals surface area contributed by atoms with Crippen LogP contribution >= 0.6 is 22.9 Å². The van der Waals surface area contributed by atoms with Crippen LogP contribution in [-0.4, -0.2) is 24.7 Å². The molecular formula is C17H18ClNO3S. The molecule has 1 aromatic heterocycles. The van der Waals surface area contributed by atoms with Gasteiger partial charge in [-0.1, -0.05) is 17.7 Å². The maximum atomic E-state index is 12.5. The predicted octanol–water partition coefficient (Wildman–Crippen LogP) is 3.44. The van der Waals surface area contributed by atoms with Gasteiger partial charge in [0.1, 0.15) is 11.4 Å². The lowest BCUT2D eigenvalue weighted by molar-refractivity contribution is 0.0169. The molecule has 6 heteroatoms. The van der Waals surface area contributed by atoms with Crippen molar-refractivity contribution in [2.24, 2.45) is 5.92 Å². The topological polar surface area (TPSA) is 58.6 Å². The minimum Gasteiger partial charge on any atom is -0.496 e. The minimum atomic E-state index is -1.00. The van der Waals surface area contributed by atoms with E-state index in [-0.39, 0.29) is 18.4 Å². The Kier molecular flexibility index (Phi) is 4.62. The highest BCUT2D eigenvalue weighted by Gasteiger charge is 2.46. The SMILES string of the molecule is COc1ccc(Cl)cc1C(=O)NCC(O)(c1cccs1)C1CC1. The number of benzene rings is 1. The summed E-state index contributed by atoms with van der Waals surface area (Å²) in [6.45, 7) is 0.173. The van der Waals surface area contributed by atoms with Crippen LogP contribution in [0.15, 0.2) is 35.7 Å². The number of nitrogens with one attached hydrogen (secondary N) is 1. The summed E-state index contributed by atoms with van der Waals surface area (Å²) >= 11 is 7.48. The number of amides is 1. The van der Waals surface area contributed by atoms with Crippen LogP contribution in [0.25, 0.3) is 0 Å². The average molecular weight is 352 g/mol. The quantitative estimate of drug-likeness (QED) is 0.838. The van der Waals surface area contributed by atoms with Gasteiger partial charge in [-0.25, -0.2) is 0 Å². The number of aliphatic hydroxyl groups is 1. The molecule has 1 unspecified atom stereocenters. The summed E-state index contributed by atoms with van der Waals surface area (Å²) in [4.78, 5) is 13.4. The average Bonchev–Trinajstić information content (AvgIpc) is 3.27. The molecule has 1 saturated carbocycles. The van der Waals surface area contributed by atoms with Crippen LogP contribution < -0.4 is 10.1 Å². The van der Waals surface area contributed by atoms with Gasteiger partial charge in [-0.05, 0) is 48.4 Å². The number of methoxy groups -OCH3 is 1. The van der Waals surface area contributed by atoms with Crippen molar-refractivity contribution in [2.45, 2.75) is 18.4 Å². The molecule has 1 aliphatic rings. The van der Waals surface area contributed by atoms with Gasteiger partial charge < -0.3 is 15.2 Å². The van der Waals surface area contributed by atoms with E-state index in [0.717, 1.165) is 17.7 Å². The van der Waals surface area contributed by atoms with Gasteiger partial charge in [-0.15, -0.1) is 11.3 Å². The van der Waals surface area contributed by atoms with E-state index in [4.69, 9.17) is 16.3 Å². The van der Waals surface area contributed by atoms with E-state index in [2.05, 4.69) is 5.32 Å². The summed E-state index contributed by atoms with van der Waals surface area (Å²) in [5, 5.41) is 16.3. The van der Waals surface area contributed by atoms with E-state index < -0.39 is 5.60 Å². The van der Waals surface area contributed by atoms with Crippen LogP contribution in [0, 0.1) is 5.92 Å². The number of hydrogen-bond acceptors (Lipinski definition) is 4. The lowest BCUT2D eigenvalue weighted by atomic mass is 9.95. The number of thiophene rings is 1. The van der Waals surface area contributed by atoms with Gasteiger partial charge in [0.05, 0.1) is 19.2 Å². The largest absolute Gasteiger partial charge is 0.496 e. The second-order valence-electron chi connectivity index (χ2n) is 5.70. The Balaban J connectivity index is 1.77. The second-order valence-corrected chi connectivity index (χ2v) is 7.09. The number of ether oxygens (including phenoxy) is 1. The number of carbonyl (C=O) groups is 1. The van der Waals surface area contributed by atoms with Gasteiger partial charge >= 0.3 is 0 Å². The summed E-state index contributed by atoms with van der Waals surface area (Å²) in [5.74, 6) is 0.348. The van der Waals surface area contributed by atoms with Crippen LogP contribution in [0.3, 0.4) is 0 Å². The van der Waals surface area contributed by atoms with Gasteiger partial charge in [0.15, 0.2) is 0 Å². The zero-order valence-corrected chi connectivity index (χ0v) is 14.3. The molecule has 0 saturated heterocycles. The Morgan fingerprint density at radius 3 is 2.87 bits per heavy atom. The van der Waals surface area contributed by atoms with Crippen molar-refractivity contribution >= 4 is 28.8 Å². The molecule has 1 aromatic carbocycles. The summed E-state index contributed by atoms with van der Waals surface area (Å²) in [6, 6.07) is 8.72. The van der Waals surface area contributed by atoms with Gasteiger partial charge in [0, 0.05) is 9.90 Å². The van der Waals surface area contributed by atoms with Crippen molar-refractivity contribution in [3.05, 3.63) is 51.2 Å². The number of hydrogen-bond donors (Lipinski definition) is 2. The first kappa shape index (κ1) is 16.3. The Morgan fingerprint density at radius 2 is 2.26 bits per heavy atom. The smallest absolute Gasteiger partial charge is 0.255 e. The number of carbonyl (C=O) groups excluding carboxylic acids is 1. The summed E-state index contributed by atoms with van der Waals surface area (Å²) in [7, 11) is 1.51. The molecule has 1 atom stereocenters. The lowest BCUT2D eigenvalue weighted by Crippen LogP contribution is -2.42. The minimum absolute atomic E-state index is 0.173. The van der Waals surface area contributed by atoms with Crippen LogP contribution in [0.5, 0.6) is 5.75 Å². The molecule has 23 heavy (non-hydrogen) atoms. The highest BCUT2D eigenvalue weighted by Crippen LogP contribution is 2.46. The van der Waals surface area contributed by atoms with Gasteiger partial charge in [0.25, 0.3) is 5.91 Å². The normalized spacial score (nSPS) is 16.7. The molecule has 1 fully saturated rings. The highest BCUT2D eigenvalue weighted by molar-refractivity contribution is 7.10. The first-order chi connectivity index (χ1) is 11.0. The Hall–Kier alpha value is -1.56. The third-order valence-electron chi connectivity index (χ3n) is 4.13. The standard InChI is InChI=1S/C17H18ClNO3S/c1-22-14-7-6-12(18)9-13(14)16(20)19-10-17(21,11-4-5-11)15-3-2-8-23-15/h2-3,6-9,11,21H,4-5,10H2,1H3,(H,19,20). The second kappa shape index (κ2) is 6.51. The molecule has 2 N–H and O–H groups in total. The van der Waals surface area contributed by atoms with Gasteiger partial charge in [-0.3, -0.25) is 4.79 Å². The molecule has 1 heterocycles. The summed E-state index contributed by atoms with van der Waals surface area (Å²) < 4.78 is 5.21. The van der Waals surface area contributed by atoms with Crippen molar-refractivity contribution in [1.82, 2.24) is 5.32 Å². The van der Waals surface area contributed by atoms with Crippen molar-refractivity contribution in [3.8, 4) is 5.75 Å². The van der Waals surface area contributed by atoms with Crippen molar-refractivity contribution in [3.63, 3.8) is 0 Å². The van der Waals surface area contributed by atoms with Gasteiger partial charge in [-0.2, -0.15) is 0 Å². The van der Waals surface area contributed by atoms with Crippen LogP contribution in [-0.2, 0) is 5.60 Å². The van der Waals surface area contributed by atoms with Crippen LogP contribution in [0.2, 0.25) is 5.02 Å². The molecule has 0 radical (unpaired) electrons. The molecule has 0 aliphatic heterocycles. The Morgan fingerprint density at radius 1 is 1.48 bits per heavy atom. The molecule has 0 bridgehead atoms. The van der Waals surface area contributed by atoms with E-state index >= 15 is 0 Å². The molecule has 1 amide bonds. The third-order valence-corrected chi connectivity index (χ3v) is 5.40. The maximum Gasteiger partial charge on any atom is 0.255 e. The number of halogens is 1. The lowest BCUT2D eigenvalue weighted by Gasteiger charge is -2.27. The van der Waals surface area contributed by atoms with Crippen LogP contribution in [0.1, 0.15) is 28.1 Å². The molecule has 2 aromatic rings. The molecule has 3 rings (SSSR count). The Labute approximate surface area is 144 Å². The van der Waals surface area contributed by atoms with Crippen LogP contribution in [0.4, 0.5) is 0 Å².